The standard InChI is InChI=1S/C17H25N3O7S/c1-6-11(2)15(17(22)27-5)19(4)16(21)12(3)18-28(25,26)14-9-7-13(8-10-14)20(23)24/h7-12,15,18H,6H2,1-5H3/t11-,12-,15-/m0/s1. The summed E-state index contributed by atoms with van der Waals surface area (Å²) in [6, 6.07) is 2.26. The minimum atomic E-state index is -4.09. The van der Waals surface area contributed by atoms with Crippen molar-refractivity contribution in [3.05, 3.63) is 34.4 Å². The lowest BCUT2D eigenvalue weighted by Gasteiger charge is -2.32. The first-order valence-corrected chi connectivity index (χ1v) is 10.1. The highest BCUT2D eigenvalue weighted by Gasteiger charge is 2.35. The third-order valence-electron chi connectivity index (χ3n) is 4.45. The Morgan fingerprint density at radius 2 is 1.79 bits per heavy atom. The van der Waals surface area contributed by atoms with E-state index in [1.165, 1.54) is 26.0 Å². The first-order chi connectivity index (χ1) is 13.0. The highest BCUT2D eigenvalue weighted by atomic mass is 32.2. The molecule has 156 valence electrons. The average molecular weight is 415 g/mol. The van der Waals surface area contributed by atoms with Crippen molar-refractivity contribution in [2.45, 2.75) is 44.2 Å². The van der Waals surface area contributed by atoms with E-state index in [0.717, 1.165) is 24.3 Å². The fourth-order valence-electron chi connectivity index (χ4n) is 2.66. The van der Waals surface area contributed by atoms with Crippen LogP contribution in [0.4, 0.5) is 5.69 Å². The van der Waals surface area contributed by atoms with E-state index in [1.807, 2.05) is 6.92 Å². The summed E-state index contributed by atoms with van der Waals surface area (Å²) >= 11 is 0. The van der Waals surface area contributed by atoms with E-state index in [9.17, 15) is 28.1 Å². The van der Waals surface area contributed by atoms with Gasteiger partial charge in [-0.05, 0) is 25.0 Å². The van der Waals surface area contributed by atoms with Gasteiger partial charge in [0.25, 0.3) is 5.69 Å². The molecule has 0 aliphatic rings. The van der Waals surface area contributed by atoms with Crippen LogP contribution in [0.15, 0.2) is 29.2 Å². The number of carbonyl (C=O) groups excluding carboxylic acids is 2. The zero-order valence-corrected chi connectivity index (χ0v) is 17.2. The van der Waals surface area contributed by atoms with Crippen LogP contribution in [0.25, 0.3) is 0 Å². The van der Waals surface area contributed by atoms with E-state index in [2.05, 4.69) is 4.72 Å². The van der Waals surface area contributed by atoms with Crippen molar-refractivity contribution in [2.75, 3.05) is 14.2 Å². The Balaban J connectivity index is 3.00. The summed E-state index contributed by atoms with van der Waals surface area (Å²) in [6.07, 6.45) is 0.611. The molecule has 1 aromatic carbocycles. The summed E-state index contributed by atoms with van der Waals surface area (Å²) in [5.41, 5.74) is -0.253. The van der Waals surface area contributed by atoms with Crippen LogP contribution in [-0.2, 0) is 24.3 Å². The van der Waals surface area contributed by atoms with Crippen LogP contribution in [0.1, 0.15) is 27.2 Å². The van der Waals surface area contributed by atoms with Crippen LogP contribution in [0.5, 0.6) is 0 Å². The second-order valence-corrected chi connectivity index (χ2v) is 8.11. The lowest BCUT2D eigenvalue weighted by molar-refractivity contribution is -0.384. The summed E-state index contributed by atoms with van der Waals surface area (Å²) in [5.74, 6) is -1.39. The maximum absolute atomic E-state index is 12.7. The van der Waals surface area contributed by atoms with E-state index < -0.39 is 38.9 Å². The lowest BCUT2D eigenvalue weighted by Crippen LogP contribution is -2.53. The molecule has 0 aliphatic carbocycles. The molecule has 1 N–H and O–H groups in total. The molecule has 0 aromatic heterocycles. The third-order valence-corrected chi connectivity index (χ3v) is 6.01. The smallest absolute Gasteiger partial charge is 0.328 e. The number of carbonyl (C=O) groups is 2. The molecular weight excluding hydrogens is 390 g/mol. The van der Waals surface area contributed by atoms with Crippen molar-refractivity contribution in [3.63, 3.8) is 0 Å². The van der Waals surface area contributed by atoms with E-state index in [1.54, 1.807) is 6.92 Å². The largest absolute Gasteiger partial charge is 0.467 e. The van der Waals surface area contributed by atoms with Gasteiger partial charge in [0, 0.05) is 19.2 Å². The molecule has 0 spiro atoms. The fraction of sp³-hybridized carbons (Fsp3) is 0.529. The summed E-state index contributed by atoms with van der Waals surface area (Å²) in [4.78, 5) is 35.7. The maximum Gasteiger partial charge on any atom is 0.328 e. The van der Waals surface area contributed by atoms with Gasteiger partial charge >= 0.3 is 5.97 Å². The van der Waals surface area contributed by atoms with Crippen LogP contribution >= 0.6 is 0 Å². The number of nitro groups is 1. The van der Waals surface area contributed by atoms with Gasteiger partial charge in [-0.1, -0.05) is 20.3 Å². The predicted octanol–water partition coefficient (Wildman–Crippen LogP) is 1.31. The Bertz CT molecular complexity index is 824. The zero-order chi connectivity index (χ0) is 21.6. The summed E-state index contributed by atoms with van der Waals surface area (Å²) in [7, 11) is -1.47. The highest BCUT2D eigenvalue weighted by molar-refractivity contribution is 7.89. The first-order valence-electron chi connectivity index (χ1n) is 8.57. The summed E-state index contributed by atoms with van der Waals surface area (Å²) < 4.78 is 31.9. The Hall–Kier alpha value is -2.53. The fourth-order valence-corrected chi connectivity index (χ4v) is 3.85. The van der Waals surface area contributed by atoms with E-state index >= 15 is 0 Å². The quantitative estimate of drug-likeness (QED) is 0.365. The van der Waals surface area contributed by atoms with Gasteiger partial charge in [0.05, 0.1) is 23.0 Å². The molecule has 0 bridgehead atoms. The monoisotopic (exact) mass is 415 g/mol. The van der Waals surface area contributed by atoms with Crippen LogP contribution in [0.3, 0.4) is 0 Å². The van der Waals surface area contributed by atoms with E-state index in [0.29, 0.717) is 6.42 Å². The zero-order valence-electron chi connectivity index (χ0n) is 16.4. The van der Waals surface area contributed by atoms with E-state index in [4.69, 9.17) is 4.74 Å². The number of benzene rings is 1. The molecule has 0 fully saturated rings. The number of hydrogen-bond donors (Lipinski definition) is 1. The van der Waals surface area contributed by atoms with Crippen molar-refractivity contribution >= 4 is 27.6 Å². The molecule has 0 saturated carbocycles. The van der Waals surface area contributed by atoms with Gasteiger partial charge in [0.1, 0.15) is 6.04 Å². The Labute approximate surface area is 164 Å². The number of hydrogen-bond acceptors (Lipinski definition) is 7. The van der Waals surface area contributed by atoms with Crippen LogP contribution in [0.2, 0.25) is 0 Å². The number of esters is 1. The van der Waals surface area contributed by atoms with Crippen molar-refractivity contribution in [2.24, 2.45) is 5.92 Å². The molecule has 0 radical (unpaired) electrons. The van der Waals surface area contributed by atoms with Gasteiger partial charge in [0.2, 0.25) is 15.9 Å². The second kappa shape index (κ2) is 9.60. The minimum absolute atomic E-state index is 0.195. The Morgan fingerprint density at radius 3 is 2.21 bits per heavy atom. The van der Waals surface area contributed by atoms with Gasteiger partial charge in [0.15, 0.2) is 0 Å². The number of amides is 1. The Morgan fingerprint density at radius 1 is 1.25 bits per heavy atom. The number of nitrogens with one attached hydrogen (secondary N) is 1. The number of rotatable bonds is 9. The van der Waals surface area contributed by atoms with Gasteiger partial charge < -0.3 is 9.64 Å². The molecule has 0 aliphatic heterocycles. The molecule has 10 nitrogen and oxygen atoms in total. The number of likely N-dealkylation sites (N-methyl/N-ethyl adjacent to an activating group) is 1. The van der Waals surface area contributed by atoms with Crippen LogP contribution < -0.4 is 4.72 Å². The van der Waals surface area contributed by atoms with Crippen molar-refractivity contribution in [1.82, 2.24) is 9.62 Å². The average Bonchev–Trinajstić information content (AvgIpc) is 2.66. The van der Waals surface area contributed by atoms with Gasteiger partial charge in [-0.2, -0.15) is 4.72 Å². The predicted molar refractivity (Wildman–Crippen MR) is 101 cm³/mol. The summed E-state index contributed by atoms with van der Waals surface area (Å²) in [6.45, 7) is 5.00. The van der Waals surface area contributed by atoms with E-state index in [-0.39, 0.29) is 16.5 Å². The normalized spacial score (nSPS) is 14.6. The van der Waals surface area contributed by atoms with Gasteiger partial charge in [-0.15, -0.1) is 0 Å². The minimum Gasteiger partial charge on any atom is -0.467 e. The SMILES string of the molecule is CC[C@H](C)[C@@H](C(=O)OC)N(C)C(=O)[C@H](C)NS(=O)(=O)c1ccc([N+](=O)[O-])cc1. The number of methoxy groups -OCH3 is 1. The van der Waals surface area contributed by atoms with Crippen molar-refractivity contribution in [1.29, 1.82) is 0 Å². The molecular formula is C17H25N3O7S. The maximum atomic E-state index is 12.7. The summed E-state index contributed by atoms with van der Waals surface area (Å²) in [5, 5.41) is 10.7. The second-order valence-electron chi connectivity index (χ2n) is 6.40. The first kappa shape index (κ1) is 23.5. The Kier molecular flexibility index (Phi) is 8.06. The van der Waals surface area contributed by atoms with Gasteiger partial charge in [-0.3, -0.25) is 14.9 Å². The molecule has 0 heterocycles. The number of non-ortho nitro benzene ring substituents is 1. The molecule has 28 heavy (non-hydrogen) atoms. The number of nitro benzene ring substituents is 1. The molecule has 0 saturated heterocycles. The molecule has 1 rings (SSSR count). The number of nitrogens with zero attached hydrogens (tertiary/aromatic N) is 2. The molecule has 3 atom stereocenters. The topological polar surface area (TPSA) is 136 Å². The molecule has 1 amide bonds. The van der Waals surface area contributed by atoms with Crippen LogP contribution in [-0.4, -0.2) is 56.4 Å². The molecule has 11 heteroatoms. The van der Waals surface area contributed by atoms with Crippen molar-refractivity contribution in [3.8, 4) is 0 Å². The number of sulfonamides is 1. The molecule has 0 unspecified atom stereocenters. The lowest BCUT2D eigenvalue weighted by atomic mass is 9.97. The van der Waals surface area contributed by atoms with Crippen molar-refractivity contribution < 1.29 is 27.7 Å². The molecule has 1 aromatic rings. The van der Waals surface area contributed by atoms with Crippen LogP contribution in [0, 0.1) is 16.0 Å². The van der Waals surface area contributed by atoms with Gasteiger partial charge in [-0.25, -0.2) is 13.2 Å². The third kappa shape index (κ3) is 5.49. The highest BCUT2D eigenvalue weighted by Crippen LogP contribution is 2.18. The number of ether oxygens (including phenoxy) is 1.